The quantitative estimate of drug-likeness (QED) is 0.518. The molecule has 42 valence electrons. The van der Waals surface area contributed by atoms with Gasteiger partial charge in [-0.25, -0.2) is 0 Å². The van der Waals surface area contributed by atoms with Crippen LogP contribution in [0.25, 0.3) is 0 Å². The first kappa shape index (κ1) is 5.39. The molecule has 0 aromatic heterocycles. The highest BCUT2D eigenvalue weighted by Gasteiger charge is 2.43. The van der Waals surface area contributed by atoms with Crippen LogP contribution in [0.1, 0.15) is 19.8 Å². The van der Waals surface area contributed by atoms with Gasteiger partial charge in [-0.15, -0.1) is 0 Å². The van der Waals surface area contributed by atoms with Gasteiger partial charge in [0, 0.05) is 5.41 Å². The second-order valence-electron chi connectivity index (χ2n) is 2.49. The molecule has 1 nitrogen and oxygen atoms in total. The van der Waals surface area contributed by atoms with E-state index in [-0.39, 0.29) is 5.41 Å². The van der Waals surface area contributed by atoms with Gasteiger partial charge in [-0.05, 0) is 12.8 Å². The zero-order valence-corrected chi connectivity index (χ0v) is 5.07. The Balaban J connectivity index is 2.39. The van der Waals surface area contributed by atoms with Gasteiger partial charge in [0.25, 0.3) is 0 Å². The number of aliphatic hydroxyl groups excluding tert-OH is 1. The molecule has 0 spiro atoms. The summed E-state index contributed by atoms with van der Waals surface area (Å²) in [6.07, 6.45) is 2.16. The molecular formula is C5H9ClO. The molecule has 1 aliphatic carbocycles. The maximum atomic E-state index is 8.72. The van der Waals surface area contributed by atoms with Gasteiger partial charge in [-0.3, -0.25) is 0 Å². The van der Waals surface area contributed by atoms with Crippen LogP contribution < -0.4 is 0 Å². The summed E-state index contributed by atoms with van der Waals surface area (Å²) in [7, 11) is 0. The summed E-state index contributed by atoms with van der Waals surface area (Å²) in [5.74, 6) is 0. The van der Waals surface area contributed by atoms with Crippen molar-refractivity contribution in [2.45, 2.75) is 25.3 Å². The van der Waals surface area contributed by atoms with Crippen LogP contribution in [-0.4, -0.2) is 10.7 Å². The van der Waals surface area contributed by atoms with Gasteiger partial charge in [0.2, 0.25) is 0 Å². The van der Waals surface area contributed by atoms with Crippen LogP contribution in [0.3, 0.4) is 0 Å². The Bertz CT molecular complexity index is 76.1. The highest BCUT2D eigenvalue weighted by atomic mass is 35.5. The average molecular weight is 121 g/mol. The SMILES string of the molecule is CC1(C(O)Cl)CC1. The van der Waals surface area contributed by atoms with Crippen molar-refractivity contribution in [3.8, 4) is 0 Å². The van der Waals surface area contributed by atoms with Gasteiger partial charge < -0.3 is 5.11 Å². The third kappa shape index (κ3) is 0.892. The van der Waals surface area contributed by atoms with Crippen molar-refractivity contribution in [2.24, 2.45) is 5.41 Å². The van der Waals surface area contributed by atoms with Crippen molar-refractivity contribution in [2.75, 3.05) is 0 Å². The second kappa shape index (κ2) is 1.36. The van der Waals surface area contributed by atoms with E-state index >= 15 is 0 Å². The van der Waals surface area contributed by atoms with E-state index in [9.17, 15) is 0 Å². The van der Waals surface area contributed by atoms with Crippen molar-refractivity contribution < 1.29 is 5.11 Å². The van der Waals surface area contributed by atoms with Crippen LogP contribution in [0.5, 0.6) is 0 Å². The minimum atomic E-state index is -0.618. The molecule has 7 heavy (non-hydrogen) atoms. The van der Waals surface area contributed by atoms with Crippen LogP contribution in [-0.2, 0) is 0 Å². The molecule has 0 amide bonds. The van der Waals surface area contributed by atoms with Crippen molar-refractivity contribution in [3.63, 3.8) is 0 Å². The van der Waals surface area contributed by atoms with E-state index < -0.39 is 5.56 Å². The summed E-state index contributed by atoms with van der Waals surface area (Å²) in [5, 5.41) is 8.72. The monoisotopic (exact) mass is 120 g/mol. The zero-order chi connectivity index (χ0) is 5.49. The molecule has 1 saturated carbocycles. The lowest BCUT2D eigenvalue weighted by Crippen LogP contribution is -2.09. The van der Waals surface area contributed by atoms with Gasteiger partial charge in [-0.2, -0.15) is 0 Å². The first-order chi connectivity index (χ1) is 3.15. The van der Waals surface area contributed by atoms with Gasteiger partial charge in [0.1, 0.15) is 5.56 Å². The highest BCUT2D eigenvalue weighted by molar-refractivity contribution is 6.20. The largest absolute Gasteiger partial charge is 0.377 e. The lowest BCUT2D eigenvalue weighted by atomic mass is 10.2. The van der Waals surface area contributed by atoms with Gasteiger partial charge in [0.05, 0.1) is 0 Å². The summed E-state index contributed by atoms with van der Waals surface area (Å²) >= 11 is 5.37. The molecular weight excluding hydrogens is 112 g/mol. The van der Waals surface area contributed by atoms with Gasteiger partial charge >= 0.3 is 0 Å². The third-order valence-corrected chi connectivity index (χ3v) is 2.14. The fourth-order valence-electron chi connectivity index (χ4n) is 0.435. The number of alkyl halides is 1. The smallest absolute Gasteiger partial charge is 0.133 e. The maximum Gasteiger partial charge on any atom is 0.133 e. The topological polar surface area (TPSA) is 20.2 Å². The predicted molar refractivity (Wildman–Crippen MR) is 29.2 cm³/mol. The van der Waals surface area contributed by atoms with Crippen molar-refractivity contribution in [1.29, 1.82) is 0 Å². The van der Waals surface area contributed by atoms with E-state index in [0.29, 0.717) is 0 Å². The van der Waals surface area contributed by atoms with Crippen LogP contribution in [0.2, 0.25) is 0 Å². The van der Waals surface area contributed by atoms with Crippen LogP contribution >= 0.6 is 11.6 Å². The lowest BCUT2D eigenvalue weighted by molar-refractivity contribution is 0.181. The fraction of sp³-hybridized carbons (Fsp3) is 1.00. The van der Waals surface area contributed by atoms with Crippen LogP contribution in [0.15, 0.2) is 0 Å². The number of hydrogen-bond donors (Lipinski definition) is 1. The van der Waals surface area contributed by atoms with E-state index in [4.69, 9.17) is 16.7 Å². The molecule has 1 atom stereocenters. The van der Waals surface area contributed by atoms with Crippen molar-refractivity contribution in [1.82, 2.24) is 0 Å². The van der Waals surface area contributed by atoms with Crippen LogP contribution in [0.4, 0.5) is 0 Å². The molecule has 1 rings (SSSR count). The standard InChI is InChI=1S/C5H9ClO/c1-5(2-3-5)4(6)7/h4,7H,2-3H2,1H3. The molecule has 0 aromatic rings. The molecule has 1 fully saturated rings. The summed E-state index contributed by atoms with van der Waals surface area (Å²) in [6, 6.07) is 0. The molecule has 1 aliphatic rings. The number of rotatable bonds is 1. The molecule has 0 bridgehead atoms. The van der Waals surface area contributed by atoms with Crippen molar-refractivity contribution in [3.05, 3.63) is 0 Å². The third-order valence-electron chi connectivity index (χ3n) is 1.61. The Morgan fingerprint density at radius 1 is 1.71 bits per heavy atom. The Morgan fingerprint density at radius 3 is 2.14 bits per heavy atom. The Morgan fingerprint density at radius 2 is 2.14 bits per heavy atom. The number of hydrogen-bond acceptors (Lipinski definition) is 1. The minimum absolute atomic E-state index is 0.0710. The van der Waals surface area contributed by atoms with E-state index in [1.165, 1.54) is 0 Å². The summed E-state index contributed by atoms with van der Waals surface area (Å²) in [4.78, 5) is 0. The Hall–Kier alpha value is 0.250. The molecule has 0 saturated heterocycles. The average Bonchev–Trinajstić information content (AvgIpc) is 2.21. The summed E-state index contributed by atoms with van der Waals surface area (Å²) in [6.45, 7) is 1.99. The second-order valence-corrected chi connectivity index (χ2v) is 2.90. The first-order valence-electron chi connectivity index (χ1n) is 2.47. The van der Waals surface area contributed by atoms with Crippen molar-refractivity contribution >= 4 is 11.6 Å². The molecule has 0 aliphatic heterocycles. The molecule has 0 radical (unpaired) electrons. The summed E-state index contributed by atoms with van der Waals surface area (Å²) in [5.41, 5.74) is -0.547. The normalized spacial score (nSPS) is 29.6. The Kier molecular flexibility index (Phi) is 1.05. The Labute approximate surface area is 48.3 Å². The summed E-state index contributed by atoms with van der Waals surface area (Å²) < 4.78 is 0. The van der Waals surface area contributed by atoms with E-state index in [2.05, 4.69) is 0 Å². The minimum Gasteiger partial charge on any atom is -0.377 e. The van der Waals surface area contributed by atoms with E-state index in [1.807, 2.05) is 6.92 Å². The zero-order valence-electron chi connectivity index (χ0n) is 4.32. The fourth-order valence-corrected chi connectivity index (χ4v) is 0.654. The maximum absolute atomic E-state index is 8.72. The molecule has 0 heterocycles. The first-order valence-corrected chi connectivity index (χ1v) is 2.91. The number of aliphatic hydroxyl groups is 1. The highest BCUT2D eigenvalue weighted by Crippen LogP contribution is 2.49. The molecule has 1 N–H and O–H groups in total. The van der Waals surface area contributed by atoms with Crippen LogP contribution in [0, 0.1) is 5.41 Å². The molecule has 2 heteroatoms. The van der Waals surface area contributed by atoms with Gasteiger partial charge in [0.15, 0.2) is 0 Å². The molecule has 1 unspecified atom stereocenters. The predicted octanol–water partition coefficient (Wildman–Crippen LogP) is 1.34. The van der Waals surface area contributed by atoms with E-state index in [1.54, 1.807) is 0 Å². The van der Waals surface area contributed by atoms with E-state index in [0.717, 1.165) is 12.8 Å². The van der Waals surface area contributed by atoms with Gasteiger partial charge in [-0.1, -0.05) is 18.5 Å². The molecule has 0 aromatic carbocycles. The number of halogens is 1. The lowest BCUT2D eigenvalue weighted by Gasteiger charge is -2.06.